The van der Waals surface area contributed by atoms with Crippen LogP contribution in [0.25, 0.3) is 0 Å². The molecule has 15 heavy (non-hydrogen) atoms. The number of aliphatic hydroxyl groups is 1. The van der Waals surface area contributed by atoms with E-state index in [1.54, 1.807) is 7.05 Å². The average molecular weight is 218 g/mol. The highest BCUT2D eigenvalue weighted by Gasteiger charge is 2.22. The maximum Gasteiger partial charge on any atom is 0.353 e. The quantitative estimate of drug-likeness (QED) is 0.435. The minimum absolute atomic E-state index is 0.301. The molecule has 0 fully saturated rings. The van der Waals surface area contributed by atoms with E-state index in [9.17, 15) is 9.59 Å². The molecule has 0 aromatic carbocycles. The minimum Gasteiger partial charge on any atom is -0.478 e. The molecule has 2 atom stereocenters. The number of hydrogen-bond donors (Lipinski definition) is 4. The monoisotopic (exact) mass is 218 g/mol. The molecule has 0 heterocycles. The van der Waals surface area contributed by atoms with Crippen molar-refractivity contribution in [3.8, 4) is 0 Å². The van der Waals surface area contributed by atoms with Crippen molar-refractivity contribution in [2.24, 2.45) is 5.92 Å². The van der Waals surface area contributed by atoms with Crippen LogP contribution < -0.4 is 10.6 Å². The van der Waals surface area contributed by atoms with Gasteiger partial charge in [-0.15, -0.1) is 0 Å². The molecule has 0 rings (SSSR count). The van der Waals surface area contributed by atoms with Gasteiger partial charge in [0.2, 0.25) is 12.1 Å². The fourth-order valence-electron chi connectivity index (χ4n) is 1.12. The predicted octanol–water partition coefficient (Wildman–Crippen LogP) is -0.860. The van der Waals surface area contributed by atoms with Gasteiger partial charge in [-0.2, -0.15) is 0 Å². The summed E-state index contributed by atoms with van der Waals surface area (Å²) in [7, 11) is 1.61. The lowest BCUT2D eigenvalue weighted by atomic mass is 10.0. The number of amides is 1. The molecule has 1 unspecified atom stereocenters. The Morgan fingerprint density at radius 2 is 1.87 bits per heavy atom. The van der Waals surface area contributed by atoms with Crippen molar-refractivity contribution in [1.29, 1.82) is 0 Å². The van der Waals surface area contributed by atoms with E-state index in [-0.39, 0.29) is 0 Å². The largest absolute Gasteiger partial charge is 0.478 e. The van der Waals surface area contributed by atoms with E-state index in [0.29, 0.717) is 12.3 Å². The van der Waals surface area contributed by atoms with Crippen molar-refractivity contribution < 1.29 is 19.8 Å². The molecule has 0 saturated carbocycles. The zero-order chi connectivity index (χ0) is 12.0. The first-order chi connectivity index (χ1) is 6.88. The summed E-state index contributed by atoms with van der Waals surface area (Å²) in [5, 5.41) is 22.0. The van der Waals surface area contributed by atoms with Gasteiger partial charge in [0.05, 0.1) is 6.04 Å². The van der Waals surface area contributed by atoms with Crippen LogP contribution in [0.4, 0.5) is 0 Å². The van der Waals surface area contributed by atoms with E-state index >= 15 is 0 Å². The Bertz CT molecular complexity index is 230. The molecule has 6 nitrogen and oxygen atoms in total. The van der Waals surface area contributed by atoms with E-state index in [1.165, 1.54) is 0 Å². The molecule has 6 heteroatoms. The van der Waals surface area contributed by atoms with Crippen LogP contribution in [0.2, 0.25) is 0 Å². The summed E-state index contributed by atoms with van der Waals surface area (Å²) in [6.07, 6.45) is -1.27. The van der Waals surface area contributed by atoms with Gasteiger partial charge in [-0.25, -0.2) is 4.79 Å². The molecule has 88 valence electrons. The number of rotatable bonds is 6. The highest BCUT2D eigenvalue weighted by Crippen LogP contribution is 2.04. The molecule has 0 radical (unpaired) electrons. The number of likely N-dealkylation sites (N-methyl/N-ethyl adjacent to an activating group) is 1. The zero-order valence-electron chi connectivity index (χ0n) is 9.15. The van der Waals surface area contributed by atoms with Crippen LogP contribution in [0.1, 0.15) is 20.3 Å². The third-order valence-corrected chi connectivity index (χ3v) is 1.88. The maximum atomic E-state index is 11.4. The number of carboxylic acids is 1. The van der Waals surface area contributed by atoms with Crippen LogP contribution in [-0.2, 0) is 9.59 Å². The van der Waals surface area contributed by atoms with Gasteiger partial charge in [0, 0.05) is 0 Å². The van der Waals surface area contributed by atoms with E-state index in [0.717, 1.165) is 0 Å². The zero-order valence-corrected chi connectivity index (χ0v) is 9.15. The van der Waals surface area contributed by atoms with Gasteiger partial charge in [-0.3, -0.25) is 4.79 Å². The SMILES string of the molecule is CN[C@@H](CC(C)C)C(=O)NC(O)C(=O)O. The average Bonchev–Trinajstić information content (AvgIpc) is 2.13. The number of aliphatic carboxylic acids is 1. The summed E-state index contributed by atoms with van der Waals surface area (Å²) in [5.41, 5.74) is 0. The molecular formula is C9H18N2O4. The fourth-order valence-corrected chi connectivity index (χ4v) is 1.12. The maximum absolute atomic E-state index is 11.4. The summed E-state index contributed by atoms with van der Waals surface area (Å²) >= 11 is 0. The van der Waals surface area contributed by atoms with Gasteiger partial charge in [-0.05, 0) is 19.4 Å². The third-order valence-electron chi connectivity index (χ3n) is 1.88. The lowest BCUT2D eigenvalue weighted by Gasteiger charge is -2.18. The van der Waals surface area contributed by atoms with Crippen molar-refractivity contribution in [3.05, 3.63) is 0 Å². The van der Waals surface area contributed by atoms with Crippen LogP contribution in [0.15, 0.2) is 0 Å². The fraction of sp³-hybridized carbons (Fsp3) is 0.778. The van der Waals surface area contributed by atoms with Gasteiger partial charge in [0.1, 0.15) is 0 Å². The van der Waals surface area contributed by atoms with Crippen LogP contribution in [0, 0.1) is 5.92 Å². The van der Waals surface area contributed by atoms with Crippen LogP contribution in [-0.4, -0.2) is 41.4 Å². The Labute approximate surface area is 88.7 Å². The second-order valence-electron chi connectivity index (χ2n) is 3.72. The Hall–Kier alpha value is -1.14. The number of aliphatic hydroxyl groups excluding tert-OH is 1. The minimum atomic E-state index is -1.85. The van der Waals surface area contributed by atoms with Gasteiger partial charge in [0.25, 0.3) is 0 Å². The lowest BCUT2D eigenvalue weighted by Crippen LogP contribution is -2.49. The molecule has 0 aliphatic rings. The van der Waals surface area contributed by atoms with E-state index < -0.39 is 24.1 Å². The smallest absolute Gasteiger partial charge is 0.353 e. The van der Waals surface area contributed by atoms with Crippen LogP contribution >= 0.6 is 0 Å². The number of carbonyl (C=O) groups is 2. The van der Waals surface area contributed by atoms with Gasteiger partial charge in [-0.1, -0.05) is 13.8 Å². The van der Waals surface area contributed by atoms with E-state index in [1.807, 2.05) is 19.2 Å². The van der Waals surface area contributed by atoms with E-state index in [4.69, 9.17) is 10.2 Å². The molecule has 0 aliphatic heterocycles. The first kappa shape index (κ1) is 13.9. The molecule has 0 bridgehead atoms. The topological polar surface area (TPSA) is 98.7 Å². The van der Waals surface area contributed by atoms with Gasteiger partial charge >= 0.3 is 5.97 Å². The first-order valence-corrected chi connectivity index (χ1v) is 4.77. The van der Waals surface area contributed by atoms with Gasteiger partial charge < -0.3 is 20.8 Å². The molecular weight excluding hydrogens is 200 g/mol. The van der Waals surface area contributed by atoms with Crippen molar-refractivity contribution in [2.45, 2.75) is 32.5 Å². The normalized spacial score (nSPS) is 14.7. The second kappa shape index (κ2) is 6.36. The Morgan fingerprint density at radius 3 is 2.20 bits per heavy atom. The number of nitrogens with one attached hydrogen (secondary N) is 2. The third kappa shape index (κ3) is 5.34. The summed E-state index contributed by atoms with van der Waals surface area (Å²) in [6.45, 7) is 3.90. The summed E-state index contributed by atoms with van der Waals surface area (Å²) in [5.74, 6) is -1.68. The number of carbonyl (C=O) groups excluding carboxylic acids is 1. The molecule has 0 aromatic heterocycles. The van der Waals surface area contributed by atoms with Crippen LogP contribution in [0.5, 0.6) is 0 Å². The predicted molar refractivity (Wildman–Crippen MR) is 54.1 cm³/mol. The first-order valence-electron chi connectivity index (χ1n) is 4.77. The van der Waals surface area contributed by atoms with E-state index in [2.05, 4.69) is 5.32 Å². The molecule has 0 aliphatic carbocycles. The second-order valence-corrected chi connectivity index (χ2v) is 3.72. The van der Waals surface area contributed by atoms with Crippen molar-refractivity contribution >= 4 is 11.9 Å². The molecule has 1 amide bonds. The number of hydrogen-bond acceptors (Lipinski definition) is 4. The molecule has 4 N–H and O–H groups in total. The van der Waals surface area contributed by atoms with Crippen molar-refractivity contribution in [1.82, 2.24) is 10.6 Å². The Balaban J connectivity index is 4.21. The summed E-state index contributed by atoms with van der Waals surface area (Å²) in [4.78, 5) is 21.7. The molecule has 0 spiro atoms. The van der Waals surface area contributed by atoms with Crippen molar-refractivity contribution in [2.75, 3.05) is 7.05 Å². The molecule has 0 aromatic rings. The standard InChI is InChI=1S/C9H18N2O4/c1-5(2)4-6(10-3)7(12)11-8(13)9(14)15/h5-6,8,10,13H,4H2,1-3H3,(H,11,12)(H,14,15)/t6-,8?/m0/s1. The number of carboxylic acid groups (broad SMARTS) is 1. The van der Waals surface area contributed by atoms with Crippen molar-refractivity contribution in [3.63, 3.8) is 0 Å². The van der Waals surface area contributed by atoms with Crippen LogP contribution in [0.3, 0.4) is 0 Å². The highest BCUT2D eigenvalue weighted by molar-refractivity contribution is 5.86. The summed E-state index contributed by atoms with van der Waals surface area (Å²) in [6, 6.07) is -0.487. The lowest BCUT2D eigenvalue weighted by molar-refractivity contribution is -0.151. The summed E-state index contributed by atoms with van der Waals surface area (Å²) < 4.78 is 0. The Morgan fingerprint density at radius 1 is 1.33 bits per heavy atom. The Kier molecular flexibility index (Phi) is 5.88. The van der Waals surface area contributed by atoms with Gasteiger partial charge in [0.15, 0.2) is 0 Å². The molecule has 0 saturated heterocycles. The highest BCUT2D eigenvalue weighted by atomic mass is 16.4.